The normalized spacial score (nSPS) is 18.5. The van der Waals surface area contributed by atoms with Crippen LogP contribution in [0.3, 0.4) is 0 Å². The standard InChI is InChI=1S/C19H21N3O3/c1-3-22-11-14(8-9-16(22)23)20-18(24)19(25)21-17-12(2)10-13-6-4-5-7-15(13)17/h4-9,11-12,17H,3,10H2,1-2H3,(H,20,24)(H,21,25)/t12-,17+/m0/s1. The molecule has 0 spiro atoms. The third-order valence-electron chi connectivity index (χ3n) is 4.58. The number of pyridine rings is 1. The molecule has 130 valence electrons. The van der Waals surface area contributed by atoms with Gasteiger partial charge in [-0.25, -0.2) is 0 Å². The summed E-state index contributed by atoms with van der Waals surface area (Å²) < 4.78 is 1.46. The molecule has 0 unspecified atom stereocenters. The van der Waals surface area contributed by atoms with Gasteiger partial charge in [0.05, 0.1) is 11.7 Å². The number of aromatic nitrogens is 1. The van der Waals surface area contributed by atoms with E-state index < -0.39 is 11.8 Å². The molecule has 1 aromatic carbocycles. The maximum absolute atomic E-state index is 12.3. The first-order valence-corrected chi connectivity index (χ1v) is 8.39. The largest absolute Gasteiger partial charge is 0.341 e. The van der Waals surface area contributed by atoms with E-state index in [0.29, 0.717) is 12.2 Å². The van der Waals surface area contributed by atoms with E-state index in [1.54, 1.807) is 0 Å². The Labute approximate surface area is 145 Å². The Hall–Kier alpha value is -2.89. The molecule has 0 saturated carbocycles. The maximum atomic E-state index is 12.3. The molecule has 1 aromatic heterocycles. The molecule has 25 heavy (non-hydrogen) atoms. The van der Waals surface area contributed by atoms with Crippen molar-refractivity contribution in [3.8, 4) is 0 Å². The molecule has 0 radical (unpaired) electrons. The number of amides is 2. The first-order chi connectivity index (χ1) is 12.0. The van der Waals surface area contributed by atoms with Crippen molar-refractivity contribution in [2.75, 3.05) is 5.32 Å². The van der Waals surface area contributed by atoms with Crippen LogP contribution in [0.25, 0.3) is 0 Å². The van der Waals surface area contributed by atoms with Gasteiger partial charge in [-0.1, -0.05) is 31.2 Å². The van der Waals surface area contributed by atoms with Crippen molar-refractivity contribution in [1.29, 1.82) is 0 Å². The first-order valence-electron chi connectivity index (χ1n) is 8.39. The fraction of sp³-hybridized carbons (Fsp3) is 0.316. The molecular weight excluding hydrogens is 318 g/mol. The fourth-order valence-corrected chi connectivity index (χ4v) is 3.26. The van der Waals surface area contributed by atoms with Gasteiger partial charge in [-0.15, -0.1) is 0 Å². The smallest absolute Gasteiger partial charge is 0.313 e. The van der Waals surface area contributed by atoms with Crippen molar-refractivity contribution < 1.29 is 9.59 Å². The van der Waals surface area contributed by atoms with Gasteiger partial charge in [-0.05, 0) is 36.5 Å². The molecule has 6 nitrogen and oxygen atoms in total. The summed E-state index contributed by atoms with van der Waals surface area (Å²) in [7, 11) is 0. The third-order valence-corrected chi connectivity index (χ3v) is 4.58. The van der Waals surface area contributed by atoms with Crippen LogP contribution < -0.4 is 16.2 Å². The van der Waals surface area contributed by atoms with E-state index in [-0.39, 0.29) is 17.5 Å². The highest BCUT2D eigenvalue weighted by atomic mass is 16.2. The summed E-state index contributed by atoms with van der Waals surface area (Å²) in [6.07, 6.45) is 2.41. The number of hydrogen-bond acceptors (Lipinski definition) is 3. The Morgan fingerprint density at radius 3 is 2.68 bits per heavy atom. The van der Waals surface area contributed by atoms with Crippen LogP contribution in [0.2, 0.25) is 0 Å². The first kappa shape index (κ1) is 17.0. The predicted octanol–water partition coefficient (Wildman–Crippen LogP) is 1.86. The summed E-state index contributed by atoms with van der Waals surface area (Å²) >= 11 is 0. The lowest BCUT2D eigenvalue weighted by molar-refractivity contribution is -0.136. The van der Waals surface area contributed by atoms with Crippen molar-refractivity contribution >= 4 is 17.5 Å². The number of nitrogens with zero attached hydrogens (tertiary/aromatic N) is 1. The summed E-state index contributed by atoms with van der Waals surface area (Å²) in [6.45, 7) is 4.38. The zero-order chi connectivity index (χ0) is 18.0. The minimum Gasteiger partial charge on any atom is -0.341 e. The van der Waals surface area contributed by atoms with Gasteiger partial charge < -0.3 is 15.2 Å². The van der Waals surface area contributed by atoms with E-state index >= 15 is 0 Å². The van der Waals surface area contributed by atoms with Gasteiger partial charge in [-0.2, -0.15) is 0 Å². The molecule has 2 N–H and O–H groups in total. The molecule has 3 rings (SSSR count). The van der Waals surface area contributed by atoms with Gasteiger partial charge >= 0.3 is 11.8 Å². The number of hydrogen-bond donors (Lipinski definition) is 2. The summed E-state index contributed by atoms with van der Waals surface area (Å²) in [5.41, 5.74) is 2.54. The summed E-state index contributed by atoms with van der Waals surface area (Å²) in [5, 5.41) is 5.37. The number of carbonyl (C=O) groups excluding carboxylic acids is 2. The SMILES string of the molecule is CCn1cc(NC(=O)C(=O)N[C@H]2c3ccccc3C[C@@H]2C)ccc1=O. The molecule has 1 aliphatic carbocycles. The van der Waals surface area contributed by atoms with Gasteiger partial charge in [-0.3, -0.25) is 14.4 Å². The van der Waals surface area contributed by atoms with Crippen LogP contribution in [0.4, 0.5) is 5.69 Å². The maximum Gasteiger partial charge on any atom is 0.313 e. The number of fused-ring (bicyclic) bond motifs is 1. The molecular formula is C19H21N3O3. The fourth-order valence-electron chi connectivity index (χ4n) is 3.26. The Morgan fingerprint density at radius 2 is 1.92 bits per heavy atom. The molecule has 0 aliphatic heterocycles. The highest BCUT2D eigenvalue weighted by molar-refractivity contribution is 6.39. The van der Waals surface area contributed by atoms with Gasteiger partial charge in [0.1, 0.15) is 0 Å². The van der Waals surface area contributed by atoms with E-state index in [1.165, 1.54) is 28.5 Å². The topological polar surface area (TPSA) is 80.2 Å². The number of carbonyl (C=O) groups is 2. The predicted molar refractivity (Wildman–Crippen MR) is 95.2 cm³/mol. The average Bonchev–Trinajstić information content (AvgIpc) is 2.92. The van der Waals surface area contributed by atoms with E-state index in [1.807, 2.05) is 31.2 Å². The average molecular weight is 339 g/mol. The minimum absolute atomic E-state index is 0.152. The molecule has 0 fully saturated rings. The van der Waals surface area contributed by atoms with Gasteiger partial charge in [0.15, 0.2) is 0 Å². The second-order valence-corrected chi connectivity index (χ2v) is 6.33. The van der Waals surface area contributed by atoms with Gasteiger partial charge in [0.2, 0.25) is 0 Å². The van der Waals surface area contributed by atoms with Crippen LogP contribution in [0, 0.1) is 5.92 Å². The monoisotopic (exact) mass is 339 g/mol. The van der Waals surface area contributed by atoms with E-state index in [4.69, 9.17) is 0 Å². The summed E-state index contributed by atoms with van der Waals surface area (Å²) in [6, 6.07) is 10.6. The minimum atomic E-state index is -0.738. The second-order valence-electron chi connectivity index (χ2n) is 6.33. The molecule has 1 aliphatic rings. The van der Waals surface area contributed by atoms with Crippen molar-refractivity contribution in [2.45, 2.75) is 32.9 Å². The molecule has 1 heterocycles. The Morgan fingerprint density at radius 1 is 1.16 bits per heavy atom. The highest BCUT2D eigenvalue weighted by Gasteiger charge is 2.31. The molecule has 6 heteroatoms. The Bertz CT molecular complexity index is 872. The van der Waals surface area contributed by atoms with E-state index in [0.717, 1.165) is 12.0 Å². The third kappa shape index (κ3) is 3.47. The van der Waals surface area contributed by atoms with Crippen LogP contribution in [0.15, 0.2) is 47.4 Å². The Kier molecular flexibility index (Phi) is 4.70. The van der Waals surface area contributed by atoms with Crippen molar-refractivity contribution in [1.82, 2.24) is 9.88 Å². The molecule has 2 atom stereocenters. The quantitative estimate of drug-likeness (QED) is 0.838. The lowest BCUT2D eigenvalue weighted by atomic mass is 10.0. The van der Waals surface area contributed by atoms with Gasteiger partial charge in [0, 0.05) is 18.8 Å². The number of benzene rings is 1. The molecule has 0 bridgehead atoms. The molecule has 2 amide bonds. The number of aryl methyl sites for hydroxylation is 1. The lowest BCUT2D eigenvalue weighted by Gasteiger charge is -2.18. The lowest BCUT2D eigenvalue weighted by Crippen LogP contribution is -2.39. The van der Waals surface area contributed by atoms with Gasteiger partial charge in [0.25, 0.3) is 5.56 Å². The summed E-state index contributed by atoms with van der Waals surface area (Å²) in [4.78, 5) is 36.1. The zero-order valence-corrected chi connectivity index (χ0v) is 14.3. The second kappa shape index (κ2) is 6.93. The van der Waals surface area contributed by atoms with Crippen LogP contribution in [0.5, 0.6) is 0 Å². The van der Waals surface area contributed by atoms with Crippen molar-refractivity contribution in [3.63, 3.8) is 0 Å². The Balaban J connectivity index is 1.69. The number of anilines is 1. The molecule has 2 aromatic rings. The molecule has 0 saturated heterocycles. The van der Waals surface area contributed by atoms with Crippen molar-refractivity contribution in [2.24, 2.45) is 5.92 Å². The van der Waals surface area contributed by atoms with Crippen LogP contribution in [-0.4, -0.2) is 16.4 Å². The van der Waals surface area contributed by atoms with Crippen LogP contribution in [-0.2, 0) is 22.6 Å². The van der Waals surface area contributed by atoms with Crippen LogP contribution in [0.1, 0.15) is 31.0 Å². The van der Waals surface area contributed by atoms with Crippen LogP contribution >= 0.6 is 0 Å². The highest BCUT2D eigenvalue weighted by Crippen LogP contribution is 2.35. The van der Waals surface area contributed by atoms with E-state index in [9.17, 15) is 14.4 Å². The van der Waals surface area contributed by atoms with E-state index in [2.05, 4.69) is 17.6 Å². The zero-order valence-electron chi connectivity index (χ0n) is 14.3. The summed E-state index contributed by atoms with van der Waals surface area (Å²) in [5.74, 6) is -1.18. The number of rotatable bonds is 3. The van der Waals surface area contributed by atoms with Crippen molar-refractivity contribution in [3.05, 3.63) is 64.1 Å². The number of nitrogens with one attached hydrogen (secondary N) is 2.